The number of thiazole rings is 1. The van der Waals surface area contributed by atoms with Gasteiger partial charge in [0.05, 0.1) is 16.5 Å². The highest BCUT2D eigenvalue weighted by Gasteiger charge is 2.31. The number of aryl methyl sites for hydroxylation is 1. The summed E-state index contributed by atoms with van der Waals surface area (Å²) >= 11 is 3.06. The summed E-state index contributed by atoms with van der Waals surface area (Å²) in [6, 6.07) is 10.1. The van der Waals surface area contributed by atoms with Crippen molar-refractivity contribution in [3.8, 4) is 21.3 Å². The van der Waals surface area contributed by atoms with Crippen LogP contribution in [-0.4, -0.2) is 39.0 Å². The SMILES string of the molecule is Cc1nc(-c2cccs2)sc1C(=O)N1CCCC(c2nc(-c3cccc(F)c3)no2)C1. The standard InChI is InChI=1S/C22H19FN4O2S2/c1-13-18(31-21(24-13)17-8-4-10-30-17)22(28)27-9-3-6-15(12-27)20-25-19(26-29-20)14-5-2-7-16(23)11-14/h2,4-5,7-8,10-11,15H,3,6,9,12H2,1H3. The van der Waals surface area contributed by atoms with E-state index in [1.54, 1.807) is 23.5 Å². The van der Waals surface area contributed by atoms with Crippen molar-refractivity contribution in [2.45, 2.75) is 25.7 Å². The molecule has 1 fully saturated rings. The van der Waals surface area contributed by atoms with Crippen molar-refractivity contribution in [1.82, 2.24) is 20.0 Å². The second-order valence-corrected chi connectivity index (χ2v) is 9.41. The topological polar surface area (TPSA) is 72.1 Å². The molecule has 1 aromatic carbocycles. The van der Waals surface area contributed by atoms with Crippen LogP contribution in [0.2, 0.25) is 0 Å². The molecule has 1 amide bonds. The third kappa shape index (κ3) is 4.03. The molecular weight excluding hydrogens is 435 g/mol. The first kappa shape index (κ1) is 20.0. The van der Waals surface area contributed by atoms with Gasteiger partial charge >= 0.3 is 0 Å². The van der Waals surface area contributed by atoms with Gasteiger partial charge in [-0.25, -0.2) is 9.37 Å². The monoisotopic (exact) mass is 454 g/mol. The van der Waals surface area contributed by atoms with E-state index in [-0.39, 0.29) is 17.6 Å². The molecule has 4 aromatic rings. The summed E-state index contributed by atoms with van der Waals surface area (Å²) in [4.78, 5) is 25.9. The Morgan fingerprint density at radius 3 is 2.97 bits per heavy atom. The molecule has 1 unspecified atom stereocenters. The van der Waals surface area contributed by atoms with Crippen LogP contribution in [0.1, 0.15) is 40.0 Å². The number of thiophene rings is 1. The molecule has 6 nitrogen and oxygen atoms in total. The Bertz CT molecular complexity index is 1220. The molecule has 0 radical (unpaired) electrons. The first-order valence-corrected chi connectivity index (χ1v) is 11.7. The van der Waals surface area contributed by atoms with E-state index >= 15 is 0 Å². The van der Waals surface area contributed by atoms with E-state index in [4.69, 9.17) is 4.52 Å². The van der Waals surface area contributed by atoms with E-state index in [1.165, 1.54) is 23.5 Å². The lowest BCUT2D eigenvalue weighted by Gasteiger charge is -2.30. The Kier molecular flexibility index (Phi) is 5.37. The van der Waals surface area contributed by atoms with Crippen molar-refractivity contribution >= 4 is 28.6 Å². The van der Waals surface area contributed by atoms with Crippen LogP contribution in [0.5, 0.6) is 0 Å². The van der Waals surface area contributed by atoms with Gasteiger partial charge in [0, 0.05) is 18.7 Å². The fourth-order valence-corrected chi connectivity index (χ4v) is 5.58. The van der Waals surface area contributed by atoms with E-state index in [2.05, 4.69) is 15.1 Å². The van der Waals surface area contributed by atoms with Crippen LogP contribution >= 0.6 is 22.7 Å². The number of rotatable bonds is 4. The summed E-state index contributed by atoms with van der Waals surface area (Å²) in [5, 5.41) is 6.89. The largest absolute Gasteiger partial charge is 0.339 e. The normalized spacial score (nSPS) is 16.6. The molecule has 158 valence electrons. The van der Waals surface area contributed by atoms with Crippen LogP contribution in [0.3, 0.4) is 0 Å². The second-order valence-electron chi connectivity index (χ2n) is 7.47. The Labute approximate surface area is 186 Å². The molecule has 4 heterocycles. The van der Waals surface area contributed by atoms with Crippen molar-refractivity contribution in [2.24, 2.45) is 0 Å². The molecular formula is C22H19FN4O2S2. The molecule has 1 aliphatic rings. The quantitative estimate of drug-likeness (QED) is 0.413. The van der Waals surface area contributed by atoms with Crippen molar-refractivity contribution < 1.29 is 13.7 Å². The fraction of sp³-hybridized carbons (Fsp3) is 0.273. The summed E-state index contributed by atoms with van der Waals surface area (Å²) < 4.78 is 19.0. The molecule has 31 heavy (non-hydrogen) atoms. The van der Waals surface area contributed by atoms with Gasteiger partial charge in [-0.15, -0.1) is 22.7 Å². The third-order valence-corrected chi connectivity index (χ3v) is 7.49. The van der Waals surface area contributed by atoms with Crippen LogP contribution in [0.4, 0.5) is 4.39 Å². The van der Waals surface area contributed by atoms with Gasteiger partial charge in [0.2, 0.25) is 11.7 Å². The summed E-state index contributed by atoms with van der Waals surface area (Å²) in [6.45, 7) is 3.08. The summed E-state index contributed by atoms with van der Waals surface area (Å²) in [6.07, 6.45) is 1.71. The molecule has 9 heteroatoms. The van der Waals surface area contributed by atoms with Crippen molar-refractivity contribution in [1.29, 1.82) is 0 Å². The van der Waals surface area contributed by atoms with Gasteiger partial charge in [0.25, 0.3) is 5.91 Å². The zero-order valence-electron chi connectivity index (χ0n) is 16.7. The van der Waals surface area contributed by atoms with Crippen LogP contribution in [0.25, 0.3) is 21.3 Å². The number of benzene rings is 1. The van der Waals surface area contributed by atoms with Gasteiger partial charge in [-0.05, 0) is 43.3 Å². The maximum atomic E-state index is 13.5. The molecule has 0 N–H and O–H groups in total. The minimum atomic E-state index is -0.347. The minimum Gasteiger partial charge on any atom is -0.339 e. The molecule has 5 rings (SSSR count). The Morgan fingerprint density at radius 1 is 1.26 bits per heavy atom. The number of likely N-dealkylation sites (tertiary alicyclic amines) is 1. The zero-order valence-corrected chi connectivity index (χ0v) is 18.4. The number of hydrogen-bond donors (Lipinski definition) is 0. The lowest BCUT2D eigenvalue weighted by Crippen LogP contribution is -2.39. The summed E-state index contributed by atoms with van der Waals surface area (Å²) in [5.41, 5.74) is 1.33. The Balaban J connectivity index is 1.33. The average molecular weight is 455 g/mol. The predicted molar refractivity (Wildman–Crippen MR) is 118 cm³/mol. The van der Waals surface area contributed by atoms with Crippen LogP contribution in [0, 0.1) is 12.7 Å². The Morgan fingerprint density at radius 2 is 2.16 bits per heavy atom. The molecule has 0 saturated carbocycles. The highest BCUT2D eigenvalue weighted by molar-refractivity contribution is 7.22. The van der Waals surface area contributed by atoms with E-state index in [1.807, 2.05) is 29.3 Å². The minimum absolute atomic E-state index is 0.00706. The lowest BCUT2D eigenvalue weighted by molar-refractivity contribution is 0.0699. The zero-order chi connectivity index (χ0) is 21.4. The van der Waals surface area contributed by atoms with Crippen LogP contribution < -0.4 is 0 Å². The highest BCUT2D eigenvalue weighted by atomic mass is 32.1. The number of halogens is 1. The molecule has 1 saturated heterocycles. The second kappa shape index (κ2) is 8.32. The molecule has 0 spiro atoms. The lowest BCUT2D eigenvalue weighted by atomic mass is 9.97. The van der Waals surface area contributed by atoms with Gasteiger partial charge in [-0.3, -0.25) is 4.79 Å². The van der Waals surface area contributed by atoms with E-state index < -0.39 is 0 Å². The van der Waals surface area contributed by atoms with Crippen LogP contribution in [-0.2, 0) is 0 Å². The van der Waals surface area contributed by atoms with E-state index in [0.717, 1.165) is 28.4 Å². The number of aromatic nitrogens is 3. The van der Waals surface area contributed by atoms with Gasteiger partial charge in [0.1, 0.15) is 15.7 Å². The Hall–Kier alpha value is -2.91. The number of piperidine rings is 1. The predicted octanol–water partition coefficient (Wildman–Crippen LogP) is 5.39. The van der Waals surface area contributed by atoms with Crippen LogP contribution in [0.15, 0.2) is 46.3 Å². The first-order valence-electron chi connectivity index (χ1n) is 9.98. The maximum Gasteiger partial charge on any atom is 0.265 e. The molecule has 0 bridgehead atoms. The highest BCUT2D eigenvalue weighted by Crippen LogP contribution is 2.33. The molecule has 1 aliphatic heterocycles. The first-order chi connectivity index (χ1) is 15.1. The van der Waals surface area contributed by atoms with Gasteiger partial charge in [-0.1, -0.05) is 23.4 Å². The van der Waals surface area contributed by atoms with E-state index in [9.17, 15) is 9.18 Å². The smallest absolute Gasteiger partial charge is 0.265 e. The maximum absolute atomic E-state index is 13.5. The molecule has 0 aliphatic carbocycles. The van der Waals surface area contributed by atoms with Crippen molar-refractivity contribution in [3.05, 3.63) is 64.1 Å². The fourth-order valence-electron chi connectivity index (χ4n) is 3.75. The van der Waals surface area contributed by atoms with Gasteiger partial charge in [0.15, 0.2) is 0 Å². The van der Waals surface area contributed by atoms with Gasteiger partial charge < -0.3 is 9.42 Å². The average Bonchev–Trinajstić information content (AvgIpc) is 3.54. The number of carbonyl (C=O) groups is 1. The number of nitrogens with zero attached hydrogens (tertiary/aromatic N) is 4. The number of carbonyl (C=O) groups excluding carboxylic acids is 1. The van der Waals surface area contributed by atoms with Crippen molar-refractivity contribution in [2.75, 3.05) is 13.1 Å². The summed E-state index contributed by atoms with van der Waals surface area (Å²) in [5.74, 6) is 0.443. The van der Waals surface area contributed by atoms with E-state index in [0.29, 0.717) is 35.2 Å². The van der Waals surface area contributed by atoms with Gasteiger partial charge in [-0.2, -0.15) is 4.98 Å². The number of amides is 1. The third-order valence-electron chi connectivity index (χ3n) is 5.31. The summed E-state index contributed by atoms with van der Waals surface area (Å²) in [7, 11) is 0. The van der Waals surface area contributed by atoms with Crippen molar-refractivity contribution in [3.63, 3.8) is 0 Å². The molecule has 1 atom stereocenters. The number of hydrogen-bond acceptors (Lipinski definition) is 7. The molecule has 3 aromatic heterocycles.